The second kappa shape index (κ2) is 8.16. The second-order valence-corrected chi connectivity index (χ2v) is 9.78. The molecule has 0 saturated carbocycles. The topological polar surface area (TPSA) is 49.9 Å². The van der Waals surface area contributed by atoms with Crippen LogP contribution in [0.3, 0.4) is 0 Å². The number of para-hydroxylation sites is 1. The van der Waals surface area contributed by atoms with E-state index < -0.39 is 12.0 Å². The third kappa shape index (κ3) is 3.83. The van der Waals surface area contributed by atoms with E-state index in [0.29, 0.717) is 0 Å². The van der Waals surface area contributed by atoms with Gasteiger partial charge >= 0.3 is 0 Å². The molecule has 2 fully saturated rings. The normalized spacial score (nSPS) is 22.7. The van der Waals surface area contributed by atoms with E-state index in [-0.39, 0.29) is 29.8 Å². The lowest BCUT2D eigenvalue weighted by Crippen LogP contribution is -2.37. The van der Waals surface area contributed by atoms with Gasteiger partial charge in [-0.3, -0.25) is 19.3 Å². The summed E-state index contributed by atoms with van der Waals surface area (Å²) < 4.78 is 0. The number of hydrogen-bond donors (Lipinski definition) is 0. The minimum atomic E-state index is -0.825. The number of anilines is 1. The number of hydrogen-bond acceptors (Lipinski definition) is 4. The van der Waals surface area contributed by atoms with E-state index in [1.807, 2.05) is 60.7 Å². The summed E-state index contributed by atoms with van der Waals surface area (Å²) in [6, 6.07) is 27.2. The van der Waals surface area contributed by atoms with Gasteiger partial charge in [0.1, 0.15) is 5.92 Å². The molecule has 0 aromatic heterocycles. The number of amides is 2. The molecule has 0 aliphatic carbocycles. The van der Waals surface area contributed by atoms with Crippen molar-refractivity contribution in [1.82, 2.24) is 4.90 Å². The molecule has 0 radical (unpaired) electrons. The number of fused-ring (bicyclic) bond motifs is 1. The molecule has 3 aromatic rings. The van der Waals surface area contributed by atoms with Crippen LogP contribution in [0.25, 0.3) is 0 Å². The lowest BCUT2D eigenvalue weighted by molar-refractivity contribution is -0.143. The average Bonchev–Trinajstić information content (AvgIpc) is 3.32. The monoisotopic (exact) mass is 440 g/mol. The highest BCUT2D eigenvalue weighted by molar-refractivity contribution is 6.07. The van der Waals surface area contributed by atoms with Crippen LogP contribution < -0.4 is 5.06 Å². The van der Waals surface area contributed by atoms with Crippen LogP contribution in [0, 0.1) is 5.92 Å². The van der Waals surface area contributed by atoms with Crippen molar-refractivity contribution in [3.8, 4) is 0 Å². The fraction of sp³-hybridized carbons (Fsp3) is 0.286. The Morgan fingerprint density at radius 2 is 1.39 bits per heavy atom. The molecule has 2 saturated heterocycles. The zero-order chi connectivity index (χ0) is 23.2. The Labute approximate surface area is 194 Å². The van der Waals surface area contributed by atoms with E-state index in [1.54, 1.807) is 5.06 Å². The zero-order valence-electron chi connectivity index (χ0n) is 19.1. The highest BCUT2D eigenvalue weighted by Gasteiger charge is 2.59. The quantitative estimate of drug-likeness (QED) is 0.534. The smallest absolute Gasteiger partial charge is 0.262 e. The Morgan fingerprint density at radius 3 is 2.00 bits per heavy atom. The van der Waals surface area contributed by atoms with Crippen molar-refractivity contribution in [2.75, 3.05) is 5.06 Å². The number of nitrogens with zero attached hydrogens (tertiary/aromatic N) is 2. The molecule has 0 N–H and O–H groups in total. The van der Waals surface area contributed by atoms with Crippen molar-refractivity contribution in [3.05, 3.63) is 102 Å². The number of carbonyl (C=O) groups is 2. The maximum Gasteiger partial charge on any atom is 0.262 e. The number of benzene rings is 3. The molecule has 3 atom stereocenters. The number of imide groups is 1. The molecule has 168 valence electrons. The summed E-state index contributed by atoms with van der Waals surface area (Å²) >= 11 is 0. The van der Waals surface area contributed by atoms with Crippen LogP contribution >= 0.6 is 0 Å². The van der Waals surface area contributed by atoms with Gasteiger partial charge in [0.15, 0.2) is 6.10 Å². The molecule has 0 spiro atoms. The van der Waals surface area contributed by atoms with Crippen LogP contribution in [0.5, 0.6) is 0 Å². The van der Waals surface area contributed by atoms with Gasteiger partial charge in [-0.05, 0) is 34.2 Å². The summed E-state index contributed by atoms with van der Waals surface area (Å²) in [4.78, 5) is 34.4. The van der Waals surface area contributed by atoms with Crippen molar-refractivity contribution in [3.63, 3.8) is 0 Å². The molecule has 5 nitrogen and oxygen atoms in total. The lowest BCUT2D eigenvalue weighted by atomic mass is 9.84. The molecule has 2 aliphatic heterocycles. The fourth-order valence-corrected chi connectivity index (χ4v) is 4.71. The molecule has 0 bridgehead atoms. The van der Waals surface area contributed by atoms with Gasteiger partial charge in [-0.15, -0.1) is 0 Å². The third-order valence-corrected chi connectivity index (χ3v) is 6.52. The molecule has 2 aliphatic rings. The summed E-state index contributed by atoms with van der Waals surface area (Å²) in [5.41, 5.74) is 3.95. The SMILES string of the molecule is CC(C)(C)c1ccc(C2C3C(=O)N(Cc4ccccc4)C(=O)C3ON2c2ccccc2)cc1. The van der Waals surface area contributed by atoms with E-state index in [4.69, 9.17) is 4.84 Å². The van der Waals surface area contributed by atoms with Crippen molar-refractivity contribution >= 4 is 17.5 Å². The van der Waals surface area contributed by atoms with Gasteiger partial charge < -0.3 is 0 Å². The van der Waals surface area contributed by atoms with E-state index in [0.717, 1.165) is 16.8 Å². The first kappa shape index (κ1) is 21.4. The Bertz CT molecular complexity index is 1150. The molecule has 5 rings (SSSR count). The van der Waals surface area contributed by atoms with Crippen LogP contribution in [-0.4, -0.2) is 22.8 Å². The fourth-order valence-electron chi connectivity index (χ4n) is 4.71. The number of hydroxylamine groups is 1. The molecule has 2 heterocycles. The van der Waals surface area contributed by atoms with Gasteiger partial charge in [0.25, 0.3) is 5.91 Å². The number of carbonyl (C=O) groups excluding carboxylic acids is 2. The Morgan fingerprint density at radius 1 is 0.788 bits per heavy atom. The number of likely N-dealkylation sites (tertiary alicyclic amines) is 1. The van der Waals surface area contributed by atoms with Crippen molar-refractivity contribution < 1.29 is 14.4 Å². The van der Waals surface area contributed by atoms with Gasteiger partial charge in [-0.25, -0.2) is 5.06 Å². The molecule has 2 amide bonds. The minimum Gasteiger partial charge on any atom is -0.275 e. The standard InChI is InChI=1S/C28H28N2O3/c1-28(2,3)21-16-14-20(15-17-21)24-23-25(33-30(24)22-12-8-5-9-13-22)27(32)29(26(23)31)18-19-10-6-4-7-11-19/h4-17,23-25H,18H2,1-3H3. The van der Waals surface area contributed by atoms with Crippen molar-refractivity contribution in [2.45, 2.75) is 44.9 Å². The summed E-state index contributed by atoms with van der Waals surface area (Å²) in [6.07, 6.45) is -0.825. The van der Waals surface area contributed by atoms with E-state index in [9.17, 15) is 9.59 Å². The van der Waals surface area contributed by atoms with Gasteiger partial charge in [0.2, 0.25) is 5.91 Å². The molecular formula is C28H28N2O3. The van der Waals surface area contributed by atoms with Gasteiger partial charge in [-0.1, -0.05) is 93.6 Å². The van der Waals surface area contributed by atoms with Crippen LogP contribution in [0.1, 0.15) is 43.5 Å². The highest BCUT2D eigenvalue weighted by atomic mass is 16.7. The molecule has 33 heavy (non-hydrogen) atoms. The molecular weight excluding hydrogens is 412 g/mol. The number of rotatable bonds is 4. The maximum atomic E-state index is 13.6. The van der Waals surface area contributed by atoms with E-state index in [2.05, 4.69) is 45.0 Å². The first-order chi connectivity index (χ1) is 15.8. The van der Waals surface area contributed by atoms with Crippen LogP contribution in [0.2, 0.25) is 0 Å². The Hall–Kier alpha value is -3.44. The largest absolute Gasteiger partial charge is 0.275 e. The van der Waals surface area contributed by atoms with Crippen molar-refractivity contribution in [1.29, 1.82) is 0 Å². The lowest BCUT2D eigenvalue weighted by Gasteiger charge is -2.29. The maximum absolute atomic E-state index is 13.6. The predicted molar refractivity (Wildman–Crippen MR) is 127 cm³/mol. The molecule has 5 heteroatoms. The molecule has 3 aromatic carbocycles. The Kier molecular flexibility index (Phi) is 5.29. The van der Waals surface area contributed by atoms with Crippen LogP contribution in [-0.2, 0) is 26.4 Å². The van der Waals surface area contributed by atoms with E-state index in [1.165, 1.54) is 10.5 Å². The van der Waals surface area contributed by atoms with Crippen LogP contribution in [0.4, 0.5) is 5.69 Å². The van der Waals surface area contributed by atoms with Crippen molar-refractivity contribution in [2.24, 2.45) is 5.92 Å². The predicted octanol–water partition coefficient (Wildman–Crippen LogP) is 5.03. The summed E-state index contributed by atoms with van der Waals surface area (Å²) in [5.74, 6) is -1.05. The van der Waals surface area contributed by atoms with Gasteiger partial charge in [0, 0.05) is 0 Å². The minimum absolute atomic E-state index is 0.0258. The summed E-state index contributed by atoms with van der Waals surface area (Å²) in [6.45, 7) is 6.78. The zero-order valence-corrected chi connectivity index (χ0v) is 19.1. The van der Waals surface area contributed by atoms with Crippen LogP contribution in [0.15, 0.2) is 84.9 Å². The average molecular weight is 441 g/mol. The first-order valence-corrected chi connectivity index (χ1v) is 11.4. The first-order valence-electron chi connectivity index (χ1n) is 11.4. The molecule has 3 unspecified atom stereocenters. The van der Waals surface area contributed by atoms with Gasteiger partial charge in [-0.2, -0.15) is 0 Å². The second-order valence-electron chi connectivity index (χ2n) is 9.78. The summed E-state index contributed by atoms with van der Waals surface area (Å²) in [5, 5.41) is 1.75. The Balaban J connectivity index is 1.52. The van der Waals surface area contributed by atoms with E-state index >= 15 is 0 Å². The van der Waals surface area contributed by atoms with Gasteiger partial charge in [0.05, 0.1) is 18.3 Å². The highest BCUT2D eigenvalue weighted by Crippen LogP contribution is 2.47. The summed E-state index contributed by atoms with van der Waals surface area (Å²) in [7, 11) is 0. The third-order valence-electron chi connectivity index (χ3n) is 6.52.